The fraction of sp³-hybridized carbons (Fsp3) is 0.0556. The van der Waals surface area contributed by atoms with Crippen molar-refractivity contribution in [2.45, 2.75) is 6.42 Å². The van der Waals surface area contributed by atoms with Crippen molar-refractivity contribution in [1.29, 1.82) is 0 Å². The smallest absolute Gasteiger partial charge is 0.230 e. The van der Waals surface area contributed by atoms with Gasteiger partial charge in [0.15, 0.2) is 5.58 Å². The van der Waals surface area contributed by atoms with E-state index in [0.29, 0.717) is 17.0 Å². The van der Waals surface area contributed by atoms with Gasteiger partial charge in [-0.05, 0) is 12.1 Å². The van der Waals surface area contributed by atoms with Gasteiger partial charge >= 0.3 is 0 Å². The third-order valence-corrected chi connectivity index (χ3v) is 3.72. The number of nitrogens with zero attached hydrogens (tertiary/aromatic N) is 2. The predicted octanol–water partition coefficient (Wildman–Crippen LogP) is 3.56. The van der Waals surface area contributed by atoms with Crippen LogP contribution in [0, 0.1) is 0 Å². The van der Waals surface area contributed by atoms with Crippen LogP contribution in [0.2, 0.25) is 0 Å². The number of hydrogen-bond donors (Lipinski definition) is 1. The first-order valence-corrected chi connectivity index (χ1v) is 7.27. The Bertz CT molecular complexity index is 1000. The second-order valence-corrected chi connectivity index (χ2v) is 5.26. The van der Waals surface area contributed by atoms with Crippen LogP contribution in [-0.4, -0.2) is 16.0 Å². The van der Waals surface area contributed by atoms with Crippen LogP contribution in [0.15, 0.2) is 65.4 Å². The number of para-hydroxylation sites is 1. The van der Waals surface area contributed by atoms with E-state index in [1.165, 1.54) is 0 Å². The second-order valence-electron chi connectivity index (χ2n) is 5.26. The molecule has 0 bridgehead atoms. The summed E-state index contributed by atoms with van der Waals surface area (Å²) in [5.74, 6) is -0.151. The van der Waals surface area contributed by atoms with Crippen LogP contribution in [0.5, 0.6) is 0 Å². The van der Waals surface area contributed by atoms with Gasteiger partial charge in [0.2, 0.25) is 5.91 Å². The van der Waals surface area contributed by atoms with Gasteiger partial charge in [0, 0.05) is 22.4 Å². The molecule has 0 saturated heterocycles. The first-order chi connectivity index (χ1) is 11.3. The molecule has 1 amide bonds. The molecule has 0 aliphatic rings. The quantitative estimate of drug-likeness (QED) is 0.628. The number of benzene rings is 2. The summed E-state index contributed by atoms with van der Waals surface area (Å²) in [6, 6.07) is 15.3. The molecule has 2 aromatic carbocycles. The molecule has 0 radical (unpaired) electrons. The summed E-state index contributed by atoms with van der Waals surface area (Å²) in [6.45, 7) is 0. The molecule has 0 saturated carbocycles. The minimum absolute atomic E-state index is 0.151. The lowest BCUT2D eigenvalue weighted by Gasteiger charge is -2.07. The highest BCUT2D eigenvalue weighted by molar-refractivity contribution is 6.02. The van der Waals surface area contributed by atoms with E-state index < -0.39 is 0 Å². The summed E-state index contributed by atoms with van der Waals surface area (Å²) in [7, 11) is 0. The summed E-state index contributed by atoms with van der Waals surface area (Å²) < 4.78 is 5.23. The number of rotatable bonds is 3. The lowest BCUT2D eigenvalue weighted by molar-refractivity contribution is -0.115. The number of amides is 1. The number of aromatic nitrogens is 2. The Balaban J connectivity index is 1.60. The molecule has 2 heterocycles. The number of nitrogens with one attached hydrogen (secondary N) is 1. The van der Waals surface area contributed by atoms with Crippen LogP contribution in [0.1, 0.15) is 5.69 Å². The SMILES string of the molecule is O=C(Cc1noc2ccccc12)Nc1cncc2ccccc12. The first-order valence-electron chi connectivity index (χ1n) is 7.27. The first kappa shape index (κ1) is 13.5. The van der Waals surface area contributed by atoms with Gasteiger partial charge in [-0.3, -0.25) is 9.78 Å². The van der Waals surface area contributed by atoms with E-state index in [9.17, 15) is 4.79 Å². The molecule has 4 rings (SSSR count). The highest BCUT2D eigenvalue weighted by atomic mass is 16.5. The van der Waals surface area contributed by atoms with E-state index in [1.54, 1.807) is 12.4 Å². The number of fused-ring (bicyclic) bond motifs is 2. The van der Waals surface area contributed by atoms with Crippen LogP contribution in [0.25, 0.3) is 21.7 Å². The molecule has 1 N–H and O–H groups in total. The van der Waals surface area contributed by atoms with Crippen LogP contribution in [0.4, 0.5) is 5.69 Å². The van der Waals surface area contributed by atoms with Crippen molar-refractivity contribution in [3.8, 4) is 0 Å². The van der Waals surface area contributed by atoms with Crippen LogP contribution in [-0.2, 0) is 11.2 Å². The lowest BCUT2D eigenvalue weighted by Crippen LogP contribution is -2.15. The van der Waals surface area contributed by atoms with Gasteiger partial charge < -0.3 is 9.84 Å². The van der Waals surface area contributed by atoms with E-state index >= 15 is 0 Å². The molecule has 23 heavy (non-hydrogen) atoms. The Hall–Kier alpha value is -3.21. The number of pyridine rings is 1. The highest BCUT2D eigenvalue weighted by Gasteiger charge is 2.13. The Kier molecular flexibility index (Phi) is 3.24. The largest absolute Gasteiger partial charge is 0.356 e. The van der Waals surface area contributed by atoms with Crippen molar-refractivity contribution < 1.29 is 9.32 Å². The lowest BCUT2D eigenvalue weighted by atomic mass is 10.1. The van der Waals surface area contributed by atoms with E-state index in [1.807, 2.05) is 48.5 Å². The van der Waals surface area contributed by atoms with Crippen molar-refractivity contribution in [2.24, 2.45) is 0 Å². The second kappa shape index (κ2) is 5.53. The fourth-order valence-electron chi connectivity index (χ4n) is 2.63. The standard InChI is InChI=1S/C18H13N3O2/c22-18(9-15-14-7-3-4-8-17(14)23-21-15)20-16-11-19-10-12-5-1-2-6-13(12)16/h1-8,10-11H,9H2,(H,20,22). The Morgan fingerprint density at radius 3 is 2.70 bits per heavy atom. The number of carbonyl (C=O) groups is 1. The molecule has 2 aromatic heterocycles. The molecular formula is C18H13N3O2. The third kappa shape index (κ3) is 2.53. The summed E-state index contributed by atoms with van der Waals surface area (Å²) >= 11 is 0. The summed E-state index contributed by atoms with van der Waals surface area (Å²) in [4.78, 5) is 16.5. The maximum absolute atomic E-state index is 12.3. The molecule has 0 spiro atoms. The molecule has 4 aromatic rings. The highest BCUT2D eigenvalue weighted by Crippen LogP contribution is 2.22. The number of anilines is 1. The van der Waals surface area contributed by atoms with Gasteiger partial charge in [-0.2, -0.15) is 0 Å². The zero-order valence-corrected chi connectivity index (χ0v) is 12.2. The van der Waals surface area contributed by atoms with Crippen LogP contribution >= 0.6 is 0 Å². The maximum Gasteiger partial charge on any atom is 0.230 e. The molecule has 0 aliphatic carbocycles. The van der Waals surface area contributed by atoms with Gasteiger partial charge in [0.25, 0.3) is 0 Å². The Morgan fingerprint density at radius 2 is 1.78 bits per heavy atom. The van der Waals surface area contributed by atoms with Crippen molar-refractivity contribution in [2.75, 3.05) is 5.32 Å². The molecule has 0 atom stereocenters. The molecule has 0 aliphatic heterocycles. The van der Waals surface area contributed by atoms with Gasteiger partial charge in [-0.1, -0.05) is 41.6 Å². The Labute approximate surface area is 131 Å². The zero-order valence-electron chi connectivity index (χ0n) is 12.2. The molecule has 5 heteroatoms. The van der Waals surface area contributed by atoms with E-state index in [0.717, 1.165) is 16.2 Å². The minimum Gasteiger partial charge on any atom is -0.356 e. The molecule has 0 fully saturated rings. The average Bonchev–Trinajstić information content (AvgIpc) is 2.98. The molecule has 0 unspecified atom stereocenters. The van der Waals surface area contributed by atoms with E-state index in [4.69, 9.17) is 4.52 Å². The van der Waals surface area contributed by atoms with Gasteiger partial charge in [-0.25, -0.2) is 0 Å². The molecule has 5 nitrogen and oxygen atoms in total. The summed E-state index contributed by atoms with van der Waals surface area (Å²) in [5, 5.41) is 9.70. The maximum atomic E-state index is 12.3. The van der Waals surface area contributed by atoms with Crippen LogP contribution in [0.3, 0.4) is 0 Å². The average molecular weight is 303 g/mol. The van der Waals surface area contributed by atoms with Crippen molar-refractivity contribution >= 4 is 33.3 Å². The monoisotopic (exact) mass is 303 g/mol. The summed E-state index contributed by atoms with van der Waals surface area (Å²) in [6.07, 6.45) is 3.58. The number of hydrogen-bond acceptors (Lipinski definition) is 4. The normalized spacial score (nSPS) is 11.0. The van der Waals surface area contributed by atoms with Gasteiger partial charge in [0.05, 0.1) is 18.3 Å². The van der Waals surface area contributed by atoms with Crippen molar-refractivity contribution in [1.82, 2.24) is 10.1 Å². The fourth-order valence-corrected chi connectivity index (χ4v) is 2.63. The van der Waals surface area contributed by atoms with E-state index in [-0.39, 0.29) is 12.3 Å². The number of carbonyl (C=O) groups excluding carboxylic acids is 1. The van der Waals surface area contributed by atoms with Crippen molar-refractivity contribution in [3.63, 3.8) is 0 Å². The summed E-state index contributed by atoms with van der Waals surface area (Å²) in [5.41, 5.74) is 2.01. The third-order valence-electron chi connectivity index (χ3n) is 3.72. The zero-order chi connectivity index (χ0) is 15.6. The van der Waals surface area contributed by atoms with Crippen molar-refractivity contribution in [3.05, 3.63) is 66.6 Å². The molecule has 112 valence electrons. The van der Waals surface area contributed by atoms with Gasteiger partial charge in [-0.15, -0.1) is 0 Å². The Morgan fingerprint density at radius 1 is 1.00 bits per heavy atom. The van der Waals surface area contributed by atoms with Gasteiger partial charge in [0.1, 0.15) is 5.69 Å². The van der Waals surface area contributed by atoms with Crippen LogP contribution < -0.4 is 5.32 Å². The molecular weight excluding hydrogens is 290 g/mol. The predicted molar refractivity (Wildman–Crippen MR) is 88.1 cm³/mol. The minimum atomic E-state index is -0.151. The van der Waals surface area contributed by atoms with E-state index in [2.05, 4.69) is 15.5 Å². The topological polar surface area (TPSA) is 68.0 Å².